The molecule has 0 bridgehead atoms. The van der Waals surface area contributed by atoms with Gasteiger partial charge in [0.1, 0.15) is 0 Å². The molecule has 0 N–H and O–H groups in total. The first-order valence-corrected chi connectivity index (χ1v) is 5.43. The largest absolute Gasteiger partial charge is 0.212 e. The third-order valence-corrected chi connectivity index (χ3v) is 3.09. The summed E-state index contributed by atoms with van der Waals surface area (Å²) in [6.45, 7) is 8.23. The van der Waals surface area contributed by atoms with Gasteiger partial charge >= 0.3 is 0 Å². The topological polar surface area (TPSA) is 17.1 Å². The third-order valence-electron chi connectivity index (χ3n) is 2.08. The molecule has 0 heterocycles. The molecule has 0 radical (unpaired) electrons. The average Bonchev–Trinajstić information content (AvgIpc) is 2.07. The Morgan fingerprint density at radius 1 is 1.14 bits per heavy atom. The molecule has 1 rings (SSSR count). The van der Waals surface area contributed by atoms with Gasteiger partial charge in [-0.15, -0.1) is 0 Å². The van der Waals surface area contributed by atoms with Gasteiger partial charge in [-0.2, -0.15) is 0 Å². The molecule has 1 aromatic rings. The van der Waals surface area contributed by atoms with Crippen LogP contribution in [0.25, 0.3) is 0 Å². The van der Waals surface area contributed by atoms with Crippen LogP contribution < -0.4 is 0 Å². The first kappa shape index (κ1) is 11.2. The minimum Gasteiger partial charge on any atom is -0.212 e. The maximum Gasteiger partial charge on any atom is 0.0932 e. The lowest BCUT2D eigenvalue weighted by Crippen LogP contribution is -2.21. The van der Waals surface area contributed by atoms with Crippen molar-refractivity contribution in [3.8, 4) is 0 Å². The van der Waals surface area contributed by atoms with Crippen molar-refractivity contribution in [1.29, 1.82) is 0 Å². The Bertz CT molecular complexity index is 364. The van der Waals surface area contributed by atoms with E-state index in [2.05, 4.69) is 20.8 Å². The first-order valence-electron chi connectivity index (χ1n) is 4.69. The predicted molar refractivity (Wildman–Crippen MR) is 62.9 cm³/mol. The molecule has 14 heavy (non-hydrogen) atoms. The van der Waals surface area contributed by atoms with Crippen LogP contribution >= 0.6 is 0 Å². The van der Waals surface area contributed by atoms with Crippen molar-refractivity contribution in [3.05, 3.63) is 35.4 Å². The molecule has 0 spiro atoms. The zero-order valence-corrected chi connectivity index (χ0v) is 9.94. The van der Waals surface area contributed by atoms with Crippen LogP contribution in [-0.2, 0) is 11.3 Å². The maximum atomic E-state index is 11.0. The minimum atomic E-state index is -0.0678. The van der Waals surface area contributed by atoms with Crippen LogP contribution in [0.5, 0.6) is 0 Å². The van der Waals surface area contributed by atoms with Gasteiger partial charge in [-0.25, -0.2) is 4.21 Å². The van der Waals surface area contributed by atoms with Gasteiger partial charge in [0.2, 0.25) is 0 Å². The van der Waals surface area contributed by atoms with E-state index in [-0.39, 0.29) is 5.41 Å². The molecule has 1 aromatic carbocycles. The Morgan fingerprint density at radius 3 is 2.00 bits per heavy atom. The Kier molecular flexibility index (Phi) is 3.27. The van der Waals surface area contributed by atoms with Gasteiger partial charge in [-0.3, -0.25) is 0 Å². The van der Waals surface area contributed by atoms with Crippen molar-refractivity contribution in [3.63, 3.8) is 0 Å². The molecular weight excluding hydrogens is 192 g/mol. The van der Waals surface area contributed by atoms with Crippen LogP contribution in [0.2, 0.25) is 0 Å². The standard InChI is InChI=1S/C12H16OS/c1-9-5-7-10(8-6-9)11(14-13)12(2,3)4/h5-8H,1-4H3. The van der Waals surface area contributed by atoms with E-state index in [4.69, 9.17) is 0 Å². The highest BCUT2D eigenvalue weighted by atomic mass is 32.1. The van der Waals surface area contributed by atoms with E-state index < -0.39 is 0 Å². The molecule has 1 nitrogen and oxygen atoms in total. The zero-order chi connectivity index (χ0) is 10.8. The molecule has 2 heteroatoms. The highest BCUT2D eigenvalue weighted by Crippen LogP contribution is 2.20. The molecule has 76 valence electrons. The van der Waals surface area contributed by atoms with Crippen molar-refractivity contribution >= 4 is 16.1 Å². The Balaban J connectivity index is 3.16. The van der Waals surface area contributed by atoms with Crippen molar-refractivity contribution < 1.29 is 4.21 Å². The highest BCUT2D eigenvalue weighted by molar-refractivity contribution is 7.67. The quantitative estimate of drug-likeness (QED) is 0.512. The lowest BCUT2D eigenvalue weighted by Gasteiger charge is -2.19. The molecular formula is C12H16OS. The molecule has 0 saturated carbocycles. The van der Waals surface area contributed by atoms with Crippen molar-refractivity contribution in [2.24, 2.45) is 5.41 Å². The van der Waals surface area contributed by atoms with E-state index in [0.29, 0.717) is 11.3 Å². The Labute approximate surface area is 89.2 Å². The van der Waals surface area contributed by atoms with Gasteiger partial charge in [0.25, 0.3) is 0 Å². The van der Waals surface area contributed by atoms with Crippen LogP contribution in [0.15, 0.2) is 24.3 Å². The third kappa shape index (κ3) is 2.55. The summed E-state index contributed by atoms with van der Waals surface area (Å²) < 4.78 is 11.0. The van der Waals surface area contributed by atoms with E-state index >= 15 is 0 Å². The molecule has 0 atom stereocenters. The van der Waals surface area contributed by atoms with Gasteiger partial charge < -0.3 is 0 Å². The van der Waals surface area contributed by atoms with Gasteiger partial charge in [0.15, 0.2) is 0 Å². The van der Waals surface area contributed by atoms with Gasteiger partial charge in [-0.05, 0) is 17.9 Å². The molecule has 0 aliphatic rings. The fourth-order valence-corrected chi connectivity index (χ4v) is 1.79. The number of hydrogen-bond donors (Lipinski definition) is 0. The molecule has 0 aliphatic heterocycles. The molecule has 0 aromatic heterocycles. The molecule has 0 unspecified atom stereocenters. The summed E-state index contributed by atoms with van der Waals surface area (Å²) in [4.78, 5) is 0.900. The van der Waals surface area contributed by atoms with E-state index in [1.165, 1.54) is 5.56 Å². The zero-order valence-electron chi connectivity index (χ0n) is 9.13. The summed E-state index contributed by atoms with van der Waals surface area (Å²) in [5.74, 6) is 0. The number of hydrogen-bond acceptors (Lipinski definition) is 1. The summed E-state index contributed by atoms with van der Waals surface area (Å²) in [6.07, 6.45) is 0. The number of rotatable bonds is 1. The monoisotopic (exact) mass is 208 g/mol. The maximum absolute atomic E-state index is 11.0. The Hall–Kier alpha value is -0.890. The smallest absolute Gasteiger partial charge is 0.0932 e. The van der Waals surface area contributed by atoms with Crippen LogP contribution in [0.4, 0.5) is 0 Å². The first-order chi connectivity index (χ1) is 6.45. The van der Waals surface area contributed by atoms with Crippen LogP contribution in [0.3, 0.4) is 0 Å². The minimum absolute atomic E-state index is 0.0678. The van der Waals surface area contributed by atoms with Gasteiger partial charge in [-0.1, -0.05) is 50.6 Å². The normalized spacial score (nSPS) is 11.1. The van der Waals surface area contributed by atoms with E-state index in [1.54, 1.807) is 0 Å². The lowest BCUT2D eigenvalue weighted by atomic mass is 9.87. The van der Waals surface area contributed by atoms with Gasteiger partial charge in [0, 0.05) is 0 Å². The molecule has 0 saturated heterocycles. The van der Waals surface area contributed by atoms with E-state index in [9.17, 15) is 4.21 Å². The summed E-state index contributed by atoms with van der Waals surface area (Å²) in [7, 11) is 0. The van der Waals surface area contributed by atoms with Crippen LogP contribution in [0, 0.1) is 12.3 Å². The van der Waals surface area contributed by atoms with E-state index in [1.807, 2.05) is 31.2 Å². The molecule has 0 fully saturated rings. The summed E-state index contributed by atoms with van der Waals surface area (Å²) >= 11 is 0.602. The second kappa shape index (κ2) is 4.09. The fraction of sp³-hybridized carbons (Fsp3) is 0.417. The lowest BCUT2D eigenvalue weighted by molar-refractivity contribution is 0.600. The van der Waals surface area contributed by atoms with Crippen LogP contribution in [0.1, 0.15) is 31.9 Å². The molecule has 0 aliphatic carbocycles. The highest BCUT2D eigenvalue weighted by Gasteiger charge is 2.19. The number of benzene rings is 1. The molecule has 0 amide bonds. The van der Waals surface area contributed by atoms with Crippen molar-refractivity contribution in [1.82, 2.24) is 0 Å². The fourth-order valence-electron chi connectivity index (χ4n) is 1.31. The second-order valence-corrected chi connectivity index (χ2v) is 5.10. The Morgan fingerprint density at radius 2 is 1.64 bits per heavy atom. The van der Waals surface area contributed by atoms with Gasteiger partial charge in [0.05, 0.1) is 16.1 Å². The van der Waals surface area contributed by atoms with Crippen molar-refractivity contribution in [2.45, 2.75) is 27.7 Å². The number of aryl methyl sites for hydroxylation is 1. The summed E-state index contributed by atoms with van der Waals surface area (Å²) in [5.41, 5.74) is 2.20. The predicted octanol–water partition coefficient (Wildman–Crippen LogP) is 2.77. The summed E-state index contributed by atoms with van der Waals surface area (Å²) in [6, 6.07) is 8.11. The SMILES string of the molecule is Cc1ccc(C(=S=O)C(C)(C)C)cc1. The van der Waals surface area contributed by atoms with Crippen molar-refractivity contribution in [2.75, 3.05) is 0 Å². The second-order valence-electron chi connectivity index (χ2n) is 4.53. The summed E-state index contributed by atoms with van der Waals surface area (Å²) in [5, 5.41) is 0. The average molecular weight is 208 g/mol. The van der Waals surface area contributed by atoms with Crippen LogP contribution in [-0.4, -0.2) is 9.07 Å². The van der Waals surface area contributed by atoms with E-state index in [0.717, 1.165) is 10.4 Å².